The molecule has 0 aliphatic heterocycles. The van der Waals surface area contributed by atoms with Crippen LogP contribution in [0.1, 0.15) is 52.4 Å². The topological polar surface area (TPSA) is 52.6 Å². The van der Waals surface area contributed by atoms with Crippen LogP contribution in [0.3, 0.4) is 0 Å². The van der Waals surface area contributed by atoms with Gasteiger partial charge in [0.25, 0.3) is 0 Å². The Morgan fingerprint density at radius 2 is 1.18 bits per heavy atom. The van der Waals surface area contributed by atoms with Gasteiger partial charge in [0.2, 0.25) is 0 Å². The number of methoxy groups -OCH3 is 2. The maximum Gasteiger partial charge on any atom is 0.309 e. The fraction of sp³-hybridized carbons (Fsp3) is 0.875. The molecular formula is C16H30O4S2. The Labute approximate surface area is 142 Å². The fourth-order valence-electron chi connectivity index (χ4n) is 2.03. The normalized spacial score (nSPS) is 13.5. The van der Waals surface area contributed by atoms with Gasteiger partial charge in [0.05, 0.1) is 26.1 Å². The SMILES string of the molecule is CCCCC(CSSCC(CCCC)C(=O)OC)C(=O)OC. The molecule has 0 saturated heterocycles. The van der Waals surface area contributed by atoms with Gasteiger partial charge in [0.1, 0.15) is 0 Å². The average molecular weight is 351 g/mol. The van der Waals surface area contributed by atoms with E-state index in [-0.39, 0.29) is 23.8 Å². The number of carbonyl (C=O) groups excluding carboxylic acids is 2. The van der Waals surface area contributed by atoms with Crippen molar-refractivity contribution in [2.75, 3.05) is 25.7 Å². The van der Waals surface area contributed by atoms with Gasteiger partial charge in [0, 0.05) is 11.5 Å². The maximum atomic E-state index is 11.7. The highest BCUT2D eigenvalue weighted by molar-refractivity contribution is 8.76. The van der Waals surface area contributed by atoms with E-state index >= 15 is 0 Å². The smallest absolute Gasteiger partial charge is 0.309 e. The molecule has 0 heterocycles. The van der Waals surface area contributed by atoms with Gasteiger partial charge in [0.15, 0.2) is 0 Å². The summed E-state index contributed by atoms with van der Waals surface area (Å²) < 4.78 is 9.72. The molecule has 0 amide bonds. The molecular weight excluding hydrogens is 320 g/mol. The van der Waals surface area contributed by atoms with Crippen molar-refractivity contribution in [1.82, 2.24) is 0 Å². The lowest BCUT2D eigenvalue weighted by Crippen LogP contribution is -2.19. The fourth-order valence-corrected chi connectivity index (χ4v) is 4.72. The van der Waals surface area contributed by atoms with E-state index in [1.54, 1.807) is 21.6 Å². The van der Waals surface area contributed by atoms with Crippen LogP contribution in [0.15, 0.2) is 0 Å². The molecule has 130 valence electrons. The van der Waals surface area contributed by atoms with Gasteiger partial charge < -0.3 is 9.47 Å². The third kappa shape index (κ3) is 9.62. The minimum atomic E-state index is -0.128. The number of ether oxygens (including phenoxy) is 2. The first kappa shape index (κ1) is 21.6. The molecule has 0 fully saturated rings. The lowest BCUT2D eigenvalue weighted by atomic mass is 10.0. The predicted molar refractivity (Wildman–Crippen MR) is 95.0 cm³/mol. The number of rotatable bonds is 13. The molecule has 2 unspecified atom stereocenters. The monoisotopic (exact) mass is 350 g/mol. The third-order valence-corrected chi connectivity index (χ3v) is 6.06. The zero-order valence-electron chi connectivity index (χ0n) is 14.3. The molecule has 0 N–H and O–H groups in total. The van der Waals surface area contributed by atoms with Gasteiger partial charge >= 0.3 is 11.9 Å². The van der Waals surface area contributed by atoms with Crippen LogP contribution in [0.4, 0.5) is 0 Å². The molecule has 0 saturated carbocycles. The lowest BCUT2D eigenvalue weighted by molar-refractivity contribution is -0.145. The van der Waals surface area contributed by atoms with E-state index in [0.717, 1.165) is 50.0 Å². The molecule has 22 heavy (non-hydrogen) atoms. The van der Waals surface area contributed by atoms with Gasteiger partial charge in [-0.05, 0) is 12.8 Å². The number of hydrogen-bond donors (Lipinski definition) is 0. The Morgan fingerprint density at radius 1 is 0.818 bits per heavy atom. The van der Waals surface area contributed by atoms with E-state index in [9.17, 15) is 9.59 Å². The minimum Gasteiger partial charge on any atom is -0.469 e. The van der Waals surface area contributed by atoms with Crippen LogP contribution < -0.4 is 0 Å². The third-order valence-electron chi connectivity index (χ3n) is 3.50. The largest absolute Gasteiger partial charge is 0.469 e. The van der Waals surface area contributed by atoms with E-state index in [1.165, 1.54) is 14.2 Å². The van der Waals surface area contributed by atoms with Crippen LogP contribution in [-0.2, 0) is 19.1 Å². The highest BCUT2D eigenvalue weighted by atomic mass is 33.1. The minimum absolute atomic E-state index is 0.0466. The van der Waals surface area contributed by atoms with Crippen molar-refractivity contribution >= 4 is 33.5 Å². The van der Waals surface area contributed by atoms with Gasteiger partial charge in [-0.15, -0.1) is 0 Å². The van der Waals surface area contributed by atoms with Crippen LogP contribution in [0.25, 0.3) is 0 Å². The van der Waals surface area contributed by atoms with Crippen LogP contribution in [0.2, 0.25) is 0 Å². The number of carbonyl (C=O) groups is 2. The highest BCUT2D eigenvalue weighted by Crippen LogP contribution is 2.30. The summed E-state index contributed by atoms with van der Waals surface area (Å²) in [5.41, 5.74) is 0. The maximum absolute atomic E-state index is 11.7. The van der Waals surface area contributed by atoms with E-state index in [4.69, 9.17) is 9.47 Å². The Morgan fingerprint density at radius 3 is 1.45 bits per heavy atom. The summed E-state index contributed by atoms with van der Waals surface area (Å²) in [6.45, 7) is 4.23. The second-order valence-corrected chi connectivity index (χ2v) is 7.85. The predicted octanol–water partition coefficient (Wildman–Crippen LogP) is 4.33. The molecule has 0 aromatic heterocycles. The van der Waals surface area contributed by atoms with Crippen molar-refractivity contribution in [1.29, 1.82) is 0 Å². The summed E-state index contributed by atoms with van der Waals surface area (Å²) in [4.78, 5) is 23.4. The van der Waals surface area contributed by atoms with Crippen molar-refractivity contribution in [3.8, 4) is 0 Å². The van der Waals surface area contributed by atoms with Crippen molar-refractivity contribution in [2.45, 2.75) is 52.4 Å². The number of esters is 2. The Balaban J connectivity index is 4.15. The molecule has 0 aromatic rings. The lowest BCUT2D eigenvalue weighted by Gasteiger charge is -2.15. The second-order valence-electron chi connectivity index (χ2n) is 5.29. The van der Waals surface area contributed by atoms with E-state index in [2.05, 4.69) is 13.8 Å². The van der Waals surface area contributed by atoms with Crippen LogP contribution in [0, 0.1) is 11.8 Å². The van der Waals surface area contributed by atoms with E-state index in [0.29, 0.717) is 0 Å². The average Bonchev–Trinajstić information content (AvgIpc) is 2.55. The Kier molecular flexibility index (Phi) is 14.0. The molecule has 0 rings (SSSR count). The standard InChI is InChI=1S/C16H30O4S2/c1-5-7-9-13(15(17)19-3)11-21-22-12-14(10-8-6-2)16(18)20-4/h13-14H,5-12H2,1-4H3. The van der Waals surface area contributed by atoms with Crippen LogP contribution in [0.5, 0.6) is 0 Å². The molecule has 0 radical (unpaired) electrons. The van der Waals surface area contributed by atoms with Crippen LogP contribution in [-0.4, -0.2) is 37.7 Å². The highest BCUT2D eigenvalue weighted by Gasteiger charge is 2.21. The first-order valence-electron chi connectivity index (χ1n) is 8.00. The van der Waals surface area contributed by atoms with Crippen LogP contribution >= 0.6 is 21.6 Å². The molecule has 0 aliphatic rings. The second kappa shape index (κ2) is 14.2. The molecule has 0 aliphatic carbocycles. The molecule has 6 heteroatoms. The van der Waals surface area contributed by atoms with Gasteiger partial charge in [-0.25, -0.2) is 0 Å². The first-order chi connectivity index (χ1) is 10.6. The van der Waals surface area contributed by atoms with E-state index < -0.39 is 0 Å². The molecule has 0 bridgehead atoms. The van der Waals surface area contributed by atoms with Crippen molar-refractivity contribution in [3.63, 3.8) is 0 Å². The quantitative estimate of drug-likeness (QED) is 0.280. The van der Waals surface area contributed by atoms with Crippen molar-refractivity contribution in [2.24, 2.45) is 11.8 Å². The van der Waals surface area contributed by atoms with Gasteiger partial charge in [-0.3, -0.25) is 9.59 Å². The van der Waals surface area contributed by atoms with E-state index in [1.807, 2.05) is 0 Å². The van der Waals surface area contributed by atoms with Gasteiger partial charge in [-0.1, -0.05) is 61.1 Å². The summed E-state index contributed by atoms with van der Waals surface area (Å²) in [7, 11) is 6.19. The van der Waals surface area contributed by atoms with Crippen molar-refractivity contribution in [3.05, 3.63) is 0 Å². The summed E-state index contributed by atoms with van der Waals surface area (Å²) in [6, 6.07) is 0. The van der Waals surface area contributed by atoms with Crippen molar-refractivity contribution < 1.29 is 19.1 Å². The number of unbranched alkanes of at least 4 members (excludes halogenated alkanes) is 2. The Hall–Kier alpha value is -0.360. The van der Waals surface area contributed by atoms with Gasteiger partial charge in [-0.2, -0.15) is 0 Å². The summed E-state index contributed by atoms with van der Waals surface area (Å²) in [5.74, 6) is 1.12. The summed E-state index contributed by atoms with van der Waals surface area (Å²) >= 11 is 0. The molecule has 4 nitrogen and oxygen atoms in total. The number of hydrogen-bond acceptors (Lipinski definition) is 6. The first-order valence-corrected chi connectivity index (χ1v) is 10.5. The zero-order chi connectivity index (χ0) is 16.8. The molecule has 0 aromatic carbocycles. The zero-order valence-corrected chi connectivity index (χ0v) is 15.9. The summed E-state index contributed by atoms with van der Waals surface area (Å²) in [5, 5.41) is 0. The molecule has 0 spiro atoms. The molecule has 2 atom stereocenters. The summed E-state index contributed by atoms with van der Waals surface area (Å²) in [6.07, 6.45) is 5.96. The Bertz CT molecular complexity index is 281.